The molecular weight excluding hydrogens is 254 g/mol. The lowest BCUT2D eigenvalue weighted by Crippen LogP contribution is -1.88. The second-order valence-corrected chi connectivity index (χ2v) is 4.51. The van der Waals surface area contributed by atoms with E-state index in [1.807, 2.05) is 49.5 Å². The number of nitroso groups, excluding NO2 is 1. The highest BCUT2D eigenvalue weighted by Gasteiger charge is 2.17. The van der Waals surface area contributed by atoms with Crippen LogP contribution in [0, 0.1) is 11.8 Å². The second-order valence-electron chi connectivity index (χ2n) is 4.51. The van der Waals surface area contributed by atoms with Crippen molar-refractivity contribution < 1.29 is 4.74 Å². The minimum absolute atomic E-state index is 0.285. The standard InChI is InChI=1S/C15H13N3O2/c1-10-7-8-13-16-14(15(17-19)18(13)9-10)11-5-3-4-6-12(11)20-2/h3-9H,1-2H3. The van der Waals surface area contributed by atoms with E-state index in [0.717, 1.165) is 11.1 Å². The SMILES string of the molecule is COc1ccccc1-c1nc2ccc(C)cn2c1N=O. The third-order valence-corrected chi connectivity index (χ3v) is 3.19. The molecule has 2 heterocycles. The topological polar surface area (TPSA) is 56.0 Å². The molecule has 0 aliphatic rings. The van der Waals surface area contributed by atoms with Gasteiger partial charge in [0.05, 0.1) is 7.11 Å². The quantitative estimate of drug-likeness (QED) is 0.679. The van der Waals surface area contributed by atoms with E-state index in [9.17, 15) is 4.91 Å². The van der Waals surface area contributed by atoms with Crippen LogP contribution in [0.25, 0.3) is 16.9 Å². The lowest BCUT2D eigenvalue weighted by atomic mass is 10.1. The van der Waals surface area contributed by atoms with Crippen LogP contribution in [0.5, 0.6) is 5.75 Å². The first-order valence-electron chi connectivity index (χ1n) is 6.20. The largest absolute Gasteiger partial charge is 0.496 e. The van der Waals surface area contributed by atoms with Crippen molar-refractivity contribution in [1.82, 2.24) is 9.38 Å². The fourth-order valence-corrected chi connectivity index (χ4v) is 2.25. The van der Waals surface area contributed by atoms with Crippen molar-refractivity contribution in [3.05, 3.63) is 53.1 Å². The molecule has 0 spiro atoms. The van der Waals surface area contributed by atoms with Gasteiger partial charge in [-0.3, -0.25) is 4.40 Å². The van der Waals surface area contributed by atoms with Crippen LogP contribution < -0.4 is 4.74 Å². The maximum absolute atomic E-state index is 11.2. The number of rotatable bonds is 3. The van der Waals surface area contributed by atoms with Crippen LogP contribution in [-0.4, -0.2) is 16.5 Å². The number of hydrogen-bond donors (Lipinski definition) is 0. The molecule has 3 aromatic rings. The number of ether oxygens (including phenoxy) is 1. The van der Waals surface area contributed by atoms with E-state index in [0.29, 0.717) is 17.1 Å². The Kier molecular flexibility index (Phi) is 2.95. The Balaban J connectivity index is 2.33. The molecule has 0 bridgehead atoms. The van der Waals surface area contributed by atoms with Gasteiger partial charge in [0, 0.05) is 11.8 Å². The Bertz CT molecular complexity index is 793. The zero-order valence-corrected chi connectivity index (χ0v) is 11.2. The Labute approximate surface area is 115 Å². The molecule has 3 rings (SSSR count). The van der Waals surface area contributed by atoms with E-state index in [1.165, 1.54) is 0 Å². The van der Waals surface area contributed by atoms with Crippen LogP contribution in [0.4, 0.5) is 5.82 Å². The van der Waals surface area contributed by atoms with E-state index in [4.69, 9.17) is 4.74 Å². The van der Waals surface area contributed by atoms with Crippen molar-refractivity contribution >= 4 is 11.5 Å². The van der Waals surface area contributed by atoms with Crippen LogP contribution >= 0.6 is 0 Å². The molecule has 0 saturated heterocycles. The first kappa shape index (κ1) is 12.3. The summed E-state index contributed by atoms with van der Waals surface area (Å²) in [5, 5.41) is 3.15. The monoisotopic (exact) mass is 267 g/mol. The highest BCUT2D eigenvalue weighted by Crippen LogP contribution is 2.36. The van der Waals surface area contributed by atoms with E-state index in [2.05, 4.69) is 10.2 Å². The predicted octanol–water partition coefficient (Wildman–Crippen LogP) is 3.72. The Morgan fingerprint density at radius 1 is 1.20 bits per heavy atom. The molecule has 0 N–H and O–H groups in total. The molecular formula is C15H13N3O2. The lowest BCUT2D eigenvalue weighted by molar-refractivity contribution is 0.416. The van der Waals surface area contributed by atoms with Crippen molar-refractivity contribution in [2.45, 2.75) is 6.92 Å². The first-order chi connectivity index (χ1) is 9.74. The van der Waals surface area contributed by atoms with E-state index in [1.54, 1.807) is 11.5 Å². The van der Waals surface area contributed by atoms with Crippen LogP contribution in [0.1, 0.15) is 5.56 Å². The van der Waals surface area contributed by atoms with Gasteiger partial charge in [0.25, 0.3) is 0 Å². The molecule has 0 unspecified atom stereocenters. The van der Waals surface area contributed by atoms with E-state index < -0.39 is 0 Å². The van der Waals surface area contributed by atoms with Crippen LogP contribution in [0.2, 0.25) is 0 Å². The van der Waals surface area contributed by atoms with Crippen LogP contribution in [0.3, 0.4) is 0 Å². The summed E-state index contributed by atoms with van der Waals surface area (Å²) in [4.78, 5) is 15.7. The lowest BCUT2D eigenvalue weighted by Gasteiger charge is -2.05. The predicted molar refractivity (Wildman–Crippen MR) is 77.4 cm³/mol. The number of para-hydroxylation sites is 1. The van der Waals surface area contributed by atoms with Gasteiger partial charge in [-0.25, -0.2) is 4.98 Å². The smallest absolute Gasteiger partial charge is 0.209 e. The summed E-state index contributed by atoms with van der Waals surface area (Å²) in [5.74, 6) is 0.950. The molecule has 1 aromatic carbocycles. The second kappa shape index (κ2) is 4.77. The van der Waals surface area contributed by atoms with Gasteiger partial charge in [-0.1, -0.05) is 18.2 Å². The highest BCUT2D eigenvalue weighted by molar-refractivity contribution is 5.78. The van der Waals surface area contributed by atoms with Gasteiger partial charge in [0.1, 0.15) is 17.1 Å². The number of aryl methyl sites for hydroxylation is 1. The van der Waals surface area contributed by atoms with Crippen molar-refractivity contribution in [2.24, 2.45) is 5.18 Å². The summed E-state index contributed by atoms with van der Waals surface area (Å²) in [5.41, 5.74) is 3.01. The molecule has 0 aliphatic carbocycles. The summed E-state index contributed by atoms with van der Waals surface area (Å²) < 4.78 is 7.02. The third-order valence-electron chi connectivity index (χ3n) is 3.19. The van der Waals surface area contributed by atoms with Gasteiger partial charge in [0.15, 0.2) is 0 Å². The van der Waals surface area contributed by atoms with Gasteiger partial charge < -0.3 is 4.74 Å². The van der Waals surface area contributed by atoms with Crippen LogP contribution in [0.15, 0.2) is 47.8 Å². The summed E-state index contributed by atoms with van der Waals surface area (Å²) in [7, 11) is 1.59. The van der Waals surface area contributed by atoms with E-state index >= 15 is 0 Å². The van der Waals surface area contributed by atoms with Crippen molar-refractivity contribution in [1.29, 1.82) is 0 Å². The molecule has 0 aliphatic heterocycles. The zero-order valence-electron chi connectivity index (χ0n) is 11.2. The first-order valence-corrected chi connectivity index (χ1v) is 6.20. The van der Waals surface area contributed by atoms with Gasteiger partial charge in [-0.15, -0.1) is 4.91 Å². The summed E-state index contributed by atoms with van der Waals surface area (Å²) in [6.07, 6.45) is 1.85. The van der Waals surface area contributed by atoms with Crippen molar-refractivity contribution in [2.75, 3.05) is 7.11 Å². The average Bonchev–Trinajstić information content (AvgIpc) is 2.84. The number of fused-ring (bicyclic) bond motifs is 1. The number of aromatic nitrogens is 2. The van der Waals surface area contributed by atoms with Gasteiger partial charge in [-0.2, -0.15) is 0 Å². The summed E-state index contributed by atoms with van der Waals surface area (Å²) in [6, 6.07) is 11.3. The molecule has 0 saturated carbocycles. The number of pyridine rings is 1. The molecule has 2 aromatic heterocycles. The van der Waals surface area contributed by atoms with Gasteiger partial charge >= 0.3 is 0 Å². The fourth-order valence-electron chi connectivity index (χ4n) is 2.25. The van der Waals surface area contributed by atoms with Gasteiger partial charge in [0.2, 0.25) is 5.82 Å². The molecule has 100 valence electrons. The number of hydrogen-bond acceptors (Lipinski definition) is 4. The van der Waals surface area contributed by atoms with Crippen molar-refractivity contribution in [3.63, 3.8) is 0 Å². The molecule has 0 amide bonds. The molecule has 0 fully saturated rings. The molecule has 5 heteroatoms. The fraction of sp³-hybridized carbons (Fsp3) is 0.133. The molecule has 0 atom stereocenters. The minimum Gasteiger partial charge on any atom is -0.496 e. The molecule has 20 heavy (non-hydrogen) atoms. The van der Waals surface area contributed by atoms with Crippen molar-refractivity contribution in [3.8, 4) is 17.0 Å². The van der Waals surface area contributed by atoms with Gasteiger partial charge in [-0.05, 0) is 35.9 Å². The number of nitrogens with zero attached hydrogens (tertiary/aromatic N) is 3. The Morgan fingerprint density at radius 2 is 2.00 bits per heavy atom. The molecule has 5 nitrogen and oxygen atoms in total. The number of benzene rings is 1. The Hall–Kier alpha value is -2.69. The minimum atomic E-state index is 0.285. The summed E-state index contributed by atoms with van der Waals surface area (Å²) in [6.45, 7) is 1.96. The zero-order chi connectivity index (χ0) is 14.1. The Morgan fingerprint density at radius 3 is 2.75 bits per heavy atom. The number of methoxy groups -OCH3 is 1. The molecule has 0 radical (unpaired) electrons. The summed E-state index contributed by atoms with van der Waals surface area (Å²) >= 11 is 0. The maximum atomic E-state index is 11.2. The van der Waals surface area contributed by atoms with E-state index in [-0.39, 0.29) is 5.82 Å². The average molecular weight is 267 g/mol. The third kappa shape index (κ3) is 1.84. The maximum Gasteiger partial charge on any atom is 0.209 e. The normalized spacial score (nSPS) is 10.7. The van der Waals surface area contributed by atoms with Crippen LogP contribution in [-0.2, 0) is 0 Å². The number of imidazole rings is 1. The highest BCUT2D eigenvalue weighted by atomic mass is 16.5.